The molecule has 84 valence electrons. The molecule has 1 N–H and O–H groups in total. The summed E-state index contributed by atoms with van der Waals surface area (Å²) in [7, 11) is 0. The van der Waals surface area contributed by atoms with Crippen LogP contribution in [0.1, 0.15) is 36.1 Å². The van der Waals surface area contributed by atoms with Gasteiger partial charge in [-0.1, -0.05) is 13.8 Å². The molecular formula is C12H18BrNS. The van der Waals surface area contributed by atoms with Crippen LogP contribution < -0.4 is 5.32 Å². The minimum atomic E-state index is 0.583. The lowest BCUT2D eigenvalue weighted by Gasteiger charge is -2.15. The zero-order valence-corrected chi connectivity index (χ0v) is 11.9. The highest BCUT2D eigenvalue weighted by Crippen LogP contribution is 2.48. The fourth-order valence-corrected chi connectivity index (χ4v) is 3.85. The second-order valence-corrected chi connectivity index (χ2v) is 6.61. The molecule has 1 aromatic rings. The van der Waals surface area contributed by atoms with Crippen molar-refractivity contribution in [2.75, 3.05) is 6.54 Å². The van der Waals surface area contributed by atoms with Crippen molar-refractivity contribution in [2.24, 2.45) is 11.8 Å². The van der Waals surface area contributed by atoms with E-state index in [2.05, 4.69) is 48.1 Å². The van der Waals surface area contributed by atoms with Gasteiger partial charge in [-0.05, 0) is 53.7 Å². The maximum absolute atomic E-state index is 3.62. The summed E-state index contributed by atoms with van der Waals surface area (Å²) in [5, 5.41) is 3.62. The molecule has 3 heteroatoms. The van der Waals surface area contributed by atoms with Crippen LogP contribution in [-0.4, -0.2) is 6.54 Å². The van der Waals surface area contributed by atoms with Crippen LogP contribution in [0.25, 0.3) is 0 Å². The van der Waals surface area contributed by atoms with Crippen LogP contribution in [0.15, 0.2) is 10.5 Å². The molecule has 15 heavy (non-hydrogen) atoms. The molecule has 1 fully saturated rings. The van der Waals surface area contributed by atoms with Crippen molar-refractivity contribution in [3.05, 3.63) is 20.3 Å². The van der Waals surface area contributed by atoms with Gasteiger partial charge in [-0.15, -0.1) is 11.3 Å². The van der Waals surface area contributed by atoms with E-state index in [1.807, 2.05) is 11.3 Å². The fourth-order valence-electron chi connectivity index (χ4n) is 2.13. The van der Waals surface area contributed by atoms with Crippen molar-refractivity contribution >= 4 is 27.3 Å². The summed E-state index contributed by atoms with van der Waals surface area (Å²) in [6, 6.07) is 2.87. The highest BCUT2D eigenvalue weighted by Gasteiger charge is 2.40. The van der Waals surface area contributed by atoms with Crippen LogP contribution in [-0.2, 0) is 0 Å². The van der Waals surface area contributed by atoms with E-state index in [9.17, 15) is 0 Å². The normalized spacial score (nSPS) is 26.7. The van der Waals surface area contributed by atoms with Gasteiger partial charge in [-0.25, -0.2) is 0 Å². The highest BCUT2D eigenvalue weighted by molar-refractivity contribution is 9.10. The van der Waals surface area contributed by atoms with Gasteiger partial charge in [0.05, 0.1) is 0 Å². The molecule has 1 nitrogen and oxygen atoms in total. The third kappa shape index (κ3) is 2.45. The van der Waals surface area contributed by atoms with E-state index in [1.165, 1.54) is 20.6 Å². The number of hydrogen-bond donors (Lipinski definition) is 1. The Morgan fingerprint density at radius 2 is 2.33 bits per heavy atom. The first-order chi connectivity index (χ1) is 7.13. The van der Waals surface area contributed by atoms with E-state index < -0.39 is 0 Å². The van der Waals surface area contributed by atoms with Crippen LogP contribution >= 0.6 is 27.3 Å². The summed E-state index contributed by atoms with van der Waals surface area (Å²) in [6.45, 7) is 7.78. The third-order valence-corrected chi connectivity index (χ3v) is 5.43. The average molecular weight is 288 g/mol. The molecule has 0 amide bonds. The second-order valence-electron chi connectivity index (χ2n) is 4.47. The van der Waals surface area contributed by atoms with E-state index in [0.717, 1.165) is 18.4 Å². The van der Waals surface area contributed by atoms with Gasteiger partial charge in [-0.3, -0.25) is 0 Å². The molecule has 3 atom stereocenters. The number of hydrogen-bond acceptors (Lipinski definition) is 2. The van der Waals surface area contributed by atoms with E-state index in [4.69, 9.17) is 0 Å². The van der Waals surface area contributed by atoms with E-state index in [1.54, 1.807) is 0 Å². The van der Waals surface area contributed by atoms with E-state index >= 15 is 0 Å². The number of nitrogens with one attached hydrogen (secondary N) is 1. The van der Waals surface area contributed by atoms with Crippen molar-refractivity contribution in [3.8, 4) is 0 Å². The summed E-state index contributed by atoms with van der Waals surface area (Å²) in [5.41, 5.74) is 0. The third-order valence-electron chi connectivity index (χ3n) is 3.21. The molecule has 1 aliphatic carbocycles. The first-order valence-corrected chi connectivity index (χ1v) is 7.23. The minimum Gasteiger partial charge on any atom is -0.309 e. The Kier molecular flexibility index (Phi) is 3.53. The van der Waals surface area contributed by atoms with Gasteiger partial charge >= 0.3 is 0 Å². The number of aryl methyl sites for hydroxylation is 1. The van der Waals surface area contributed by atoms with Gasteiger partial charge in [0, 0.05) is 20.3 Å². The lowest BCUT2D eigenvalue weighted by molar-refractivity contribution is 0.483. The van der Waals surface area contributed by atoms with Crippen LogP contribution in [0.3, 0.4) is 0 Å². The molecule has 0 radical (unpaired) electrons. The largest absolute Gasteiger partial charge is 0.309 e. The minimum absolute atomic E-state index is 0.583. The molecule has 0 bridgehead atoms. The Labute approximate surface area is 104 Å². The summed E-state index contributed by atoms with van der Waals surface area (Å²) in [4.78, 5) is 2.89. The standard InChI is InChI=1S/C12H18BrNS/c1-4-14-12(9-5-7(9)2)11-6-10(13)8(3)15-11/h6-7,9,12,14H,4-5H2,1-3H3. The zero-order valence-electron chi connectivity index (χ0n) is 9.51. The number of rotatable bonds is 4. The van der Waals surface area contributed by atoms with Gasteiger partial charge < -0.3 is 5.32 Å². The molecule has 0 saturated heterocycles. The molecule has 0 aromatic carbocycles. The average Bonchev–Trinajstić information content (AvgIpc) is 2.81. The van der Waals surface area contributed by atoms with Gasteiger partial charge in [0.25, 0.3) is 0 Å². The maximum atomic E-state index is 3.62. The maximum Gasteiger partial charge on any atom is 0.0446 e. The van der Waals surface area contributed by atoms with Crippen molar-refractivity contribution in [2.45, 2.75) is 33.2 Å². The smallest absolute Gasteiger partial charge is 0.0446 e. The summed E-state index contributed by atoms with van der Waals surface area (Å²) >= 11 is 5.53. The monoisotopic (exact) mass is 287 g/mol. The van der Waals surface area contributed by atoms with Crippen molar-refractivity contribution in [1.29, 1.82) is 0 Å². The zero-order chi connectivity index (χ0) is 11.0. The van der Waals surface area contributed by atoms with Gasteiger partial charge in [0.2, 0.25) is 0 Å². The number of halogens is 1. The predicted molar refractivity (Wildman–Crippen MR) is 70.4 cm³/mol. The summed E-state index contributed by atoms with van der Waals surface area (Å²) in [6.07, 6.45) is 1.38. The van der Waals surface area contributed by atoms with Gasteiger partial charge in [-0.2, -0.15) is 0 Å². The Morgan fingerprint density at radius 3 is 2.73 bits per heavy atom. The van der Waals surface area contributed by atoms with Crippen LogP contribution in [0.4, 0.5) is 0 Å². The van der Waals surface area contributed by atoms with Crippen LogP contribution in [0.2, 0.25) is 0 Å². The molecular weight excluding hydrogens is 270 g/mol. The van der Waals surface area contributed by atoms with Crippen LogP contribution in [0.5, 0.6) is 0 Å². The fraction of sp³-hybridized carbons (Fsp3) is 0.667. The highest BCUT2D eigenvalue weighted by atomic mass is 79.9. The number of thiophene rings is 1. The molecule has 1 aliphatic rings. The lowest BCUT2D eigenvalue weighted by Crippen LogP contribution is -2.22. The molecule has 3 unspecified atom stereocenters. The molecule has 1 aromatic heterocycles. The molecule has 1 saturated carbocycles. The topological polar surface area (TPSA) is 12.0 Å². The van der Waals surface area contributed by atoms with Gasteiger partial charge in [0.15, 0.2) is 0 Å². The van der Waals surface area contributed by atoms with Crippen molar-refractivity contribution in [3.63, 3.8) is 0 Å². The quantitative estimate of drug-likeness (QED) is 0.878. The lowest BCUT2D eigenvalue weighted by atomic mass is 10.1. The first-order valence-electron chi connectivity index (χ1n) is 5.62. The molecule has 0 spiro atoms. The summed E-state index contributed by atoms with van der Waals surface area (Å²) < 4.78 is 1.26. The predicted octanol–water partition coefficient (Wildman–Crippen LogP) is 4.13. The molecule has 2 rings (SSSR count). The molecule has 1 heterocycles. The Bertz CT molecular complexity index is 328. The first kappa shape index (κ1) is 11.6. The SMILES string of the molecule is CCNC(c1cc(Br)c(C)s1)C1CC1C. The van der Waals surface area contributed by atoms with E-state index in [-0.39, 0.29) is 0 Å². The second kappa shape index (κ2) is 4.56. The van der Waals surface area contributed by atoms with Crippen molar-refractivity contribution < 1.29 is 0 Å². The van der Waals surface area contributed by atoms with Crippen LogP contribution in [0, 0.1) is 18.8 Å². The molecule has 0 aliphatic heterocycles. The van der Waals surface area contributed by atoms with Gasteiger partial charge in [0.1, 0.15) is 0 Å². The Morgan fingerprint density at radius 1 is 1.67 bits per heavy atom. The summed E-state index contributed by atoms with van der Waals surface area (Å²) in [5.74, 6) is 1.75. The Balaban J connectivity index is 2.16. The van der Waals surface area contributed by atoms with E-state index in [0.29, 0.717) is 6.04 Å². The Hall–Kier alpha value is 0.140. The van der Waals surface area contributed by atoms with Crippen molar-refractivity contribution in [1.82, 2.24) is 5.32 Å².